The summed E-state index contributed by atoms with van der Waals surface area (Å²) in [4.78, 5) is 8.34. The zero-order chi connectivity index (χ0) is 11.5. The molecule has 0 bridgehead atoms. The number of aromatic nitrogens is 2. The third-order valence-corrected chi connectivity index (χ3v) is 2.41. The minimum atomic E-state index is -0.291. The topological polar surface area (TPSA) is 25.8 Å². The third-order valence-electron chi connectivity index (χ3n) is 2.17. The van der Waals surface area contributed by atoms with Crippen molar-refractivity contribution in [2.24, 2.45) is 0 Å². The largest absolute Gasteiger partial charge is 0.237 e. The van der Waals surface area contributed by atoms with Gasteiger partial charge in [0.2, 0.25) is 0 Å². The van der Waals surface area contributed by atoms with E-state index in [9.17, 15) is 4.39 Å². The minimum absolute atomic E-state index is 0.225. The lowest BCUT2D eigenvalue weighted by Gasteiger charge is -2.05. The second-order valence-electron chi connectivity index (χ2n) is 3.42. The van der Waals surface area contributed by atoms with Crippen molar-refractivity contribution in [3.63, 3.8) is 0 Å². The molecule has 2 aromatic rings. The fourth-order valence-corrected chi connectivity index (χ4v) is 1.62. The van der Waals surface area contributed by atoms with Gasteiger partial charge in [0, 0.05) is 11.3 Å². The Morgan fingerprint density at radius 2 is 2.00 bits per heavy atom. The van der Waals surface area contributed by atoms with Gasteiger partial charge in [-0.05, 0) is 25.1 Å². The van der Waals surface area contributed by atoms with Gasteiger partial charge in [-0.2, -0.15) is 0 Å². The van der Waals surface area contributed by atoms with Crippen LogP contribution in [0.1, 0.15) is 11.5 Å². The molecule has 2 rings (SSSR count). The first-order valence-corrected chi connectivity index (χ1v) is 5.39. The predicted octanol–water partition coefficient (Wildman–Crippen LogP) is 3.33. The molecule has 0 unspecified atom stereocenters. The van der Waals surface area contributed by atoms with Crippen molar-refractivity contribution in [1.29, 1.82) is 0 Å². The summed E-state index contributed by atoms with van der Waals surface area (Å²) in [5.74, 6) is 0.449. The highest BCUT2D eigenvalue weighted by molar-refractivity contribution is 6.16. The van der Waals surface area contributed by atoms with Crippen LogP contribution in [-0.2, 0) is 5.88 Å². The Morgan fingerprint density at radius 3 is 2.69 bits per heavy atom. The van der Waals surface area contributed by atoms with Crippen LogP contribution in [-0.4, -0.2) is 9.97 Å². The van der Waals surface area contributed by atoms with Gasteiger partial charge in [0.15, 0.2) is 0 Å². The van der Waals surface area contributed by atoms with E-state index in [4.69, 9.17) is 11.6 Å². The van der Waals surface area contributed by atoms with Crippen molar-refractivity contribution in [3.8, 4) is 11.3 Å². The van der Waals surface area contributed by atoms with E-state index in [2.05, 4.69) is 9.97 Å². The number of nitrogens with zero attached hydrogens (tertiary/aromatic N) is 2. The molecule has 0 amide bonds. The Hall–Kier alpha value is -1.48. The van der Waals surface area contributed by atoms with Gasteiger partial charge in [0.05, 0.1) is 11.6 Å². The van der Waals surface area contributed by atoms with Crippen LogP contribution in [0.4, 0.5) is 4.39 Å². The molecular formula is C12H10ClFN2. The van der Waals surface area contributed by atoms with Crippen LogP contribution in [0.5, 0.6) is 0 Å². The highest BCUT2D eigenvalue weighted by atomic mass is 35.5. The van der Waals surface area contributed by atoms with Crippen LogP contribution in [0, 0.1) is 12.7 Å². The van der Waals surface area contributed by atoms with E-state index < -0.39 is 0 Å². The molecular weight excluding hydrogens is 227 g/mol. The van der Waals surface area contributed by atoms with Gasteiger partial charge in [-0.15, -0.1) is 11.6 Å². The molecule has 0 spiro atoms. The first-order valence-electron chi connectivity index (χ1n) is 4.86. The Balaban J connectivity index is 2.56. The summed E-state index contributed by atoms with van der Waals surface area (Å²) in [6.45, 7) is 1.84. The molecule has 0 atom stereocenters. The fraction of sp³-hybridized carbons (Fsp3) is 0.167. The smallest absolute Gasteiger partial charge is 0.143 e. The Labute approximate surface area is 98.1 Å². The van der Waals surface area contributed by atoms with Crippen molar-refractivity contribution in [2.45, 2.75) is 12.8 Å². The molecule has 4 heteroatoms. The Kier molecular flexibility index (Phi) is 3.15. The van der Waals surface area contributed by atoms with Crippen LogP contribution in [0.25, 0.3) is 11.3 Å². The van der Waals surface area contributed by atoms with Crippen molar-refractivity contribution >= 4 is 11.6 Å². The van der Waals surface area contributed by atoms with Gasteiger partial charge in [-0.25, -0.2) is 14.4 Å². The summed E-state index contributed by atoms with van der Waals surface area (Å²) < 4.78 is 13.5. The van der Waals surface area contributed by atoms with E-state index in [1.54, 1.807) is 24.3 Å². The predicted molar refractivity (Wildman–Crippen MR) is 61.7 cm³/mol. The first kappa shape index (κ1) is 11.0. The van der Waals surface area contributed by atoms with E-state index in [0.717, 1.165) is 5.69 Å². The van der Waals surface area contributed by atoms with Crippen LogP contribution in [0.3, 0.4) is 0 Å². The SMILES string of the molecule is Cc1cc(-c2ccccc2F)nc(CCl)n1. The quantitative estimate of drug-likeness (QED) is 0.748. The van der Waals surface area contributed by atoms with Gasteiger partial charge in [-0.1, -0.05) is 12.1 Å². The first-order chi connectivity index (χ1) is 7.70. The average Bonchev–Trinajstić information content (AvgIpc) is 2.28. The molecule has 1 aromatic carbocycles. The summed E-state index contributed by atoms with van der Waals surface area (Å²) >= 11 is 5.68. The Morgan fingerprint density at radius 1 is 1.25 bits per heavy atom. The maximum atomic E-state index is 13.5. The maximum absolute atomic E-state index is 13.5. The lowest BCUT2D eigenvalue weighted by molar-refractivity contribution is 0.630. The van der Waals surface area contributed by atoms with E-state index in [1.807, 2.05) is 6.92 Å². The summed E-state index contributed by atoms with van der Waals surface area (Å²) in [7, 11) is 0. The van der Waals surface area contributed by atoms with E-state index >= 15 is 0 Å². The lowest BCUT2D eigenvalue weighted by atomic mass is 10.1. The number of rotatable bonds is 2. The van der Waals surface area contributed by atoms with Gasteiger partial charge in [0.1, 0.15) is 11.6 Å². The van der Waals surface area contributed by atoms with Gasteiger partial charge in [-0.3, -0.25) is 0 Å². The van der Waals surface area contributed by atoms with Gasteiger partial charge in [0.25, 0.3) is 0 Å². The van der Waals surface area contributed by atoms with Crippen LogP contribution >= 0.6 is 11.6 Å². The molecule has 82 valence electrons. The van der Waals surface area contributed by atoms with E-state index in [0.29, 0.717) is 17.1 Å². The zero-order valence-corrected chi connectivity index (χ0v) is 9.50. The minimum Gasteiger partial charge on any atom is -0.237 e. The molecule has 0 radical (unpaired) electrons. The summed E-state index contributed by atoms with van der Waals surface area (Å²) in [5.41, 5.74) is 1.82. The third kappa shape index (κ3) is 2.19. The summed E-state index contributed by atoms with van der Waals surface area (Å²) in [6.07, 6.45) is 0. The molecule has 1 aromatic heterocycles. The number of hydrogen-bond acceptors (Lipinski definition) is 2. The number of benzene rings is 1. The second-order valence-corrected chi connectivity index (χ2v) is 3.69. The molecule has 0 aliphatic carbocycles. The van der Waals surface area contributed by atoms with Crippen molar-refractivity contribution < 1.29 is 4.39 Å². The maximum Gasteiger partial charge on any atom is 0.143 e. The molecule has 1 heterocycles. The molecule has 0 saturated carbocycles. The van der Waals surface area contributed by atoms with Gasteiger partial charge >= 0.3 is 0 Å². The van der Waals surface area contributed by atoms with E-state index in [-0.39, 0.29) is 11.7 Å². The molecule has 0 fully saturated rings. The molecule has 0 saturated heterocycles. The number of halogens is 2. The van der Waals surface area contributed by atoms with Crippen molar-refractivity contribution in [2.75, 3.05) is 0 Å². The molecule has 0 aliphatic rings. The Bertz CT molecular complexity index is 514. The monoisotopic (exact) mass is 236 g/mol. The fourth-order valence-electron chi connectivity index (χ4n) is 1.50. The van der Waals surface area contributed by atoms with Crippen LogP contribution in [0.2, 0.25) is 0 Å². The molecule has 16 heavy (non-hydrogen) atoms. The number of hydrogen-bond donors (Lipinski definition) is 0. The molecule has 0 N–H and O–H groups in total. The summed E-state index contributed by atoms with van der Waals surface area (Å²) in [6, 6.07) is 8.27. The molecule has 2 nitrogen and oxygen atoms in total. The average molecular weight is 237 g/mol. The van der Waals surface area contributed by atoms with Gasteiger partial charge < -0.3 is 0 Å². The lowest BCUT2D eigenvalue weighted by Crippen LogP contribution is -1.97. The van der Waals surface area contributed by atoms with Crippen LogP contribution < -0.4 is 0 Å². The molecule has 0 aliphatic heterocycles. The van der Waals surface area contributed by atoms with Crippen molar-refractivity contribution in [1.82, 2.24) is 9.97 Å². The standard InChI is InChI=1S/C12H10ClFN2/c1-8-6-11(16-12(7-13)15-8)9-4-2-3-5-10(9)14/h2-6H,7H2,1H3. The highest BCUT2D eigenvalue weighted by Crippen LogP contribution is 2.21. The van der Waals surface area contributed by atoms with Crippen LogP contribution in [0.15, 0.2) is 30.3 Å². The number of alkyl halides is 1. The normalized spacial score (nSPS) is 10.4. The van der Waals surface area contributed by atoms with E-state index in [1.165, 1.54) is 6.07 Å². The highest BCUT2D eigenvalue weighted by Gasteiger charge is 2.07. The number of aryl methyl sites for hydroxylation is 1. The van der Waals surface area contributed by atoms with Crippen molar-refractivity contribution in [3.05, 3.63) is 47.7 Å². The zero-order valence-electron chi connectivity index (χ0n) is 8.74. The second kappa shape index (κ2) is 4.58. The summed E-state index contributed by atoms with van der Waals surface area (Å²) in [5, 5.41) is 0.